The van der Waals surface area contributed by atoms with Gasteiger partial charge in [0.1, 0.15) is 0 Å². The third kappa shape index (κ3) is 2.48. The van der Waals surface area contributed by atoms with Crippen molar-refractivity contribution >= 4 is 11.9 Å². The lowest BCUT2D eigenvalue weighted by Crippen LogP contribution is -2.40. The van der Waals surface area contributed by atoms with Gasteiger partial charge >= 0.3 is 5.97 Å². The highest BCUT2D eigenvalue weighted by Gasteiger charge is 2.66. The fourth-order valence-corrected chi connectivity index (χ4v) is 3.41. The molecule has 0 aromatic rings. The number of likely N-dealkylation sites (tertiary alicyclic amines) is 1. The van der Waals surface area contributed by atoms with Gasteiger partial charge in [0, 0.05) is 19.6 Å². The maximum Gasteiger partial charge on any atom is 0.307 e. The Hall–Kier alpha value is -1.10. The SMILES string of the molecule is CN(CC1CCCN1C)C(=O)[C@H]1[C@@H](C(=O)O)C1(C)C. The van der Waals surface area contributed by atoms with E-state index < -0.39 is 17.3 Å². The zero-order chi connectivity index (χ0) is 14.4. The van der Waals surface area contributed by atoms with Gasteiger partial charge in [-0.1, -0.05) is 13.8 Å². The van der Waals surface area contributed by atoms with E-state index in [-0.39, 0.29) is 11.8 Å². The molecule has 0 aromatic carbocycles. The van der Waals surface area contributed by atoms with Gasteiger partial charge in [-0.25, -0.2) is 0 Å². The van der Waals surface area contributed by atoms with Crippen molar-refractivity contribution in [2.45, 2.75) is 32.7 Å². The van der Waals surface area contributed by atoms with E-state index >= 15 is 0 Å². The molecule has 0 aromatic heterocycles. The molecular formula is C14H24N2O3. The number of likely N-dealkylation sites (N-methyl/N-ethyl adjacent to an activating group) is 2. The van der Waals surface area contributed by atoms with E-state index in [0.29, 0.717) is 12.6 Å². The summed E-state index contributed by atoms with van der Waals surface area (Å²) >= 11 is 0. The quantitative estimate of drug-likeness (QED) is 0.823. The third-order valence-corrected chi connectivity index (χ3v) is 4.89. The Kier molecular flexibility index (Phi) is 3.60. The molecule has 5 nitrogen and oxygen atoms in total. The summed E-state index contributed by atoms with van der Waals surface area (Å²) in [5, 5.41) is 9.14. The minimum Gasteiger partial charge on any atom is -0.481 e. The van der Waals surface area contributed by atoms with E-state index in [9.17, 15) is 9.59 Å². The van der Waals surface area contributed by atoms with Crippen molar-refractivity contribution < 1.29 is 14.7 Å². The van der Waals surface area contributed by atoms with Crippen molar-refractivity contribution in [3.8, 4) is 0 Å². The summed E-state index contributed by atoms with van der Waals surface area (Å²) in [6.45, 7) is 5.52. The Bertz CT molecular complexity index is 394. The number of amides is 1. The van der Waals surface area contributed by atoms with Crippen LogP contribution in [-0.2, 0) is 9.59 Å². The summed E-state index contributed by atoms with van der Waals surface area (Å²) in [5.74, 6) is -1.75. The van der Waals surface area contributed by atoms with Crippen LogP contribution in [0.3, 0.4) is 0 Å². The Balaban J connectivity index is 1.95. The molecule has 3 atom stereocenters. The first-order chi connectivity index (χ1) is 8.76. The lowest BCUT2D eigenvalue weighted by Gasteiger charge is -2.26. The Morgan fingerprint density at radius 1 is 1.37 bits per heavy atom. The van der Waals surface area contributed by atoms with Crippen molar-refractivity contribution in [1.29, 1.82) is 0 Å². The minimum absolute atomic E-state index is 0.0160. The molecule has 1 aliphatic carbocycles. The number of carbonyl (C=O) groups excluding carboxylic acids is 1. The number of hydrogen-bond acceptors (Lipinski definition) is 3. The standard InChI is InChI=1S/C14H24N2O3/c1-14(2)10(11(14)13(18)19)12(17)16(4)8-9-6-5-7-15(9)3/h9-11H,5-8H2,1-4H3,(H,18,19)/t9?,10-,11+/m1/s1. The molecule has 2 fully saturated rings. The third-order valence-electron chi connectivity index (χ3n) is 4.89. The molecule has 108 valence electrons. The van der Waals surface area contributed by atoms with E-state index in [1.165, 1.54) is 6.42 Å². The summed E-state index contributed by atoms with van der Waals surface area (Å²) in [6.07, 6.45) is 2.29. The molecule has 1 heterocycles. The lowest BCUT2D eigenvalue weighted by atomic mass is 10.1. The highest BCUT2D eigenvalue weighted by Crippen LogP contribution is 2.58. The van der Waals surface area contributed by atoms with Crippen LogP contribution >= 0.6 is 0 Å². The average molecular weight is 268 g/mol. The molecule has 0 spiro atoms. The normalized spacial score (nSPS) is 33.2. The van der Waals surface area contributed by atoms with Crippen molar-refractivity contribution in [2.75, 3.05) is 27.2 Å². The number of carboxylic acids is 1. The highest BCUT2D eigenvalue weighted by molar-refractivity contribution is 5.91. The van der Waals surface area contributed by atoms with Crippen LogP contribution in [0.2, 0.25) is 0 Å². The Labute approximate surface area is 114 Å². The second kappa shape index (κ2) is 4.78. The summed E-state index contributed by atoms with van der Waals surface area (Å²) in [4.78, 5) is 27.5. The van der Waals surface area contributed by atoms with Crippen LogP contribution < -0.4 is 0 Å². The van der Waals surface area contributed by atoms with Crippen LogP contribution in [-0.4, -0.2) is 60.0 Å². The molecule has 2 rings (SSSR count). The second-order valence-corrected chi connectivity index (χ2v) is 6.61. The van der Waals surface area contributed by atoms with E-state index in [1.807, 2.05) is 13.8 Å². The van der Waals surface area contributed by atoms with Gasteiger partial charge in [0.2, 0.25) is 5.91 Å². The van der Waals surface area contributed by atoms with Gasteiger partial charge < -0.3 is 14.9 Å². The fraction of sp³-hybridized carbons (Fsp3) is 0.857. The van der Waals surface area contributed by atoms with Gasteiger partial charge in [-0.05, 0) is 31.8 Å². The topological polar surface area (TPSA) is 60.9 Å². The smallest absolute Gasteiger partial charge is 0.307 e. The summed E-state index contributed by atoms with van der Waals surface area (Å²) in [7, 11) is 3.87. The molecule has 1 N–H and O–H groups in total. The molecule has 0 radical (unpaired) electrons. The van der Waals surface area contributed by atoms with Crippen molar-refractivity contribution in [1.82, 2.24) is 9.80 Å². The number of rotatable bonds is 4. The monoisotopic (exact) mass is 268 g/mol. The molecule has 19 heavy (non-hydrogen) atoms. The molecule has 1 aliphatic heterocycles. The number of hydrogen-bond donors (Lipinski definition) is 1. The van der Waals surface area contributed by atoms with E-state index in [4.69, 9.17) is 5.11 Å². The minimum atomic E-state index is -0.852. The van der Waals surface area contributed by atoms with Gasteiger partial charge in [0.25, 0.3) is 0 Å². The Morgan fingerprint density at radius 2 is 2.00 bits per heavy atom. The predicted molar refractivity (Wildman–Crippen MR) is 71.7 cm³/mol. The first-order valence-electron chi connectivity index (χ1n) is 6.95. The summed E-state index contributed by atoms with van der Waals surface area (Å²) in [5.41, 5.74) is -0.404. The second-order valence-electron chi connectivity index (χ2n) is 6.61. The number of carbonyl (C=O) groups is 2. The van der Waals surface area contributed by atoms with Crippen LogP contribution in [0.25, 0.3) is 0 Å². The van der Waals surface area contributed by atoms with Gasteiger partial charge in [0.05, 0.1) is 11.8 Å². The van der Waals surface area contributed by atoms with Gasteiger partial charge in [-0.15, -0.1) is 0 Å². The average Bonchev–Trinajstić information content (AvgIpc) is 2.66. The van der Waals surface area contributed by atoms with Crippen LogP contribution in [0.1, 0.15) is 26.7 Å². The van der Waals surface area contributed by atoms with E-state index in [0.717, 1.165) is 13.0 Å². The van der Waals surface area contributed by atoms with Crippen molar-refractivity contribution in [2.24, 2.45) is 17.3 Å². The zero-order valence-electron chi connectivity index (χ0n) is 12.2. The summed E-state index contributed by atoms with van der Waals surface area (Å²) < 4.78 is 0. The van der Waals surface area contributed by atoms with E-state index in [2.05, 4.69) is 11.9 Å². The number of aliphatic carboxylic acids is 1. The molecule has 1 unspecified atom stereocenters. The maximum absolute atomic E-state index is 12.4. The molecule has 5 heteroatoms. The van der Waals surface area contributed by atoms with Crippen LogP contribution in [0.4, 0.5) is 0 Å². The van der Waals surface area contributed by atoms with Crippen molar-refractivity contribution in [3.05, 3.63) is 0 Å². The first-order valence-corrected chi connectivity index (χ1v) is 6.95. The van der Waals surface area contributed by atoms with Gasteiger partial charge in [-0.2, -0.15) is 0 Å². The fourth-order valence-electron chi connectivity index (χ4n) is 3.41. The molecular weight excluding hydrogens is 244 g/mol. The lowest BCUT2D eigenvalue weighted by molar-refractivity contribution is -0.141. The zero-order valence-corrected chi connectivity index (χ0v) is 12.2. The maximum atomic E-state index is 12.4. The van der Waals surface area contributed by atoms with E-state index in [1.54, 1.807) is 11.9 Å². The van der Waals surface area contributed by atoms with Gasteiger partial charge in [-0.3, -0.25) is 9.59 Å². The largest absolute Gasteiger partial charge is 0.481 e. The highest BCUT2D eigenvalue weighted by atomic mass is 16.4. The number of carboxylic acid groups (broad SMARTS) is 1. The van der Waals surface area contributed by atoms with Crippen molar-refractivity contribution in [3.63, 3.8) is 0 Å². The summed E-state index contributed by atoms with van der Waals surface area (Å²) in [6, 6.07) is 0.416. The van der Waals surface area contributed by atoms with Crippen LogP contribution in [0.5, 0.6) is 0 Å². The Morgan fingerprint density at radius 3 is 2.42 bits per heavy atom. The predicted octanol–water partition coefficient (Wildman–Crippen LogP) is 0.896. The van der Waals surface area contributed by atoms with Crippen LogP contribution in [0, 0.1) is 17.3 Å². The van der Waals surface area contributed by atoms with Gasteiger partial charge in [0.15, 0.2) is 0 Å². The molecule has 2 aliphatic rings. The molecule has 0 bridgehead atoms. The number of nitrogens with zero attached hydrogens (tertiary/aromatic N) is 2. The van der Waals surface area contributed by atoms with Crippen LogP contribution in [0.15, 0.2) is 0 Å². The molecule has 1 saturated heterocycles. The molecule has 1 saturated carbocycles. The molecule has 1 amide bonds. The first kappa shape index (κ1) is 14.3.